The highest BCUT2D eigenvalue weighted by atomic mass is 32.1. The molecule has 2 aromatic heterocycles. The molecule has 26 heavy (non-hydrogen) atoms. The number of fused-ring (bicyclic) bond motifs is 1. The Kier molecular flexibility index (Phi) is 5.37. The Morgan fingerprint density at radius 3 is 2.62 bits per heavy atom. The SMILES string of the molecule is CC(C)CNC(=O)C(C)NC(=O)c1ccc2nc(-n3cccc3)sc2c1. The monoisotopic (exact) mass is 370 g/mol. The lowest BCUT2D eigenvalue weighted by Crippen LogP contribution is -2.45. The molecule has 2 amide bonds. The summed E-state index contributed by atoms with van der Waals surface area (Å²) in [7, 11) is 0. The molecule has 0 bridgehead atoms. The summed E-state index contributed by atoms with van der Waals surface area (Å²) >= 11 is 1.52. The first-order valence-corrected chi connectivity index (χ1v) is 9.38. The van der Waals surface area contributed by atoms with Gasteiger partial charge in [0.2, 0.25) is 5.91 Å². The third-order valence-electron chi connectivity index (χ3n) is 3.89. The quantitative estimate of drug-likeness (QED) is 0.700. The van der Waals surface area contributed by atoms with Crippen LogP contribution in [0.15, 0.2) is 42.7 Å². The summed E-state index contributed by atoms with van der Waals surface area (Å²) in [5.74, 6) is -0.0825. The van der Waals surface area contributed by atoms with Gasteiger partial charge in [-0.15, -0.1) is 0 Å². The molecule has 2 heterocycles. The number of amides is 2. The van der Waals surface area contributed by atoms with Crippen molar-refractivity contribution in [1.29, 1.82) is 0 Å². The van der Waals surface area contributed by atoms with Crippen molar-refractivity contribution in [3.05, 3.63) is 48.3 Å². The minimum absolute atomic E-state index is 0.180. The second kappa shape index (κ2) is 7.70. The highest BCUT2D eigenvalue weighted by Crippen LogP contribution is 2.26. The van der Waals surface area contributed by atoms with Crippen molar-refractivity contribution in [3.63, 3.8) is 0 Å². The number of hydrogen-bond acceptors (Lipinski definition) is 4. The zero-order valence-corrected chi connectivity index (χ0v) is 15.8. The molecule has 0 aliphatic heterocycles. The number of hydrogen-bond donors (Lipinski definition) is 2. The molecule has 0 saturated heterocycles. The number of carbonyl (C=O) groups excluding carboxylic acids is 2. The number of rotatable bonds is 6. The molecule has 3 rings (SSSR count). The molecule has 0 fully saturated rings. The van der Waals surface area contributed by atoms with E-state index in [0.29, 0.717) is 18.0 Å². The van der Waals surface area contributed by atoms with E-state index in [4.69, 9.17) is 0 Å². The van der Waals surface area contributed by atoms with E-state index in [1.54, 1.807) is 13.0 Å². The molecule has 7 heteroatoms. The highest BCUT2D eigenvalue weighted by molar-refractivity contribution is 7.20. The van der Waals surface area contributed by atoms with E-state index in [1.165, 1.54) is 11.3 Å². The van der Waals surface area contributed by atoms with Gasteiger partial charge in [0.1, 0.15) is 6.04 Å². The van der Waals surface area contributed by atoms with E-state index in [-0.39, 0.29) is 11.8 Å². The van der Waals surface area contributed by atoms with Crippen molar-refractivity contribution in [2.24, 2.45) is 5.92 Å². The van der Waals surface area contributed by atoms with Crippen molar-refractivity contribution in [1.82, 2.24) is 20.2 Å². The van der Waals surface area contributed by atoms with Crippen molar-refractivity contribution in [3.8, 4) is 5.13 Å². The van der Waals surface area contributed by atoms with Crippen LogP contribution in [0.2, 0.25) is 0 Å². The smallest absolute Gasteiger partial charge is 0.251 e. The molecule has 0 aliphatic carbocycles. The van der Waals surface area contributed by atoms with Crippen LogP contribution in [0, 0.1) is 5.92 Å². The summed E-state index contributed by atoms with van der Waals surface area (Å²) in [5, 5.41) is 6.42. The fraction of sp³-hybridized carbons (Fsp3) is 0.316. The molecule has 0 spiro atoms. The average molecular weight is 370 g/mol. The van der Waals surface area contributed by atoms with E-state index >= 15 is 0 Å². The second-order valence-corrected chi connectivity index (χ2v) is 7.61. The van der Waals surface area contributed by atoms with Crippen LogP contribution in [0.5, 0.6) is 0 Å². The molecule has 1 atom stereocenters. The lowest BCUT2D eigenvalue weighted by molar-refractivity contribution is -0.122. The number of nitrogens with one attached hydrogen (secondary N) is 2. The number of nitrogens with zero attached hydrogens (tertiary/aromatic N) is 2. The van der Waals surface area contributed by atoms with Crippen molar-refractivity contribution in [2.75, 3.05) is 6.54 Å². The predicted molar refractivity (Wildman–Crippen MR) is 104 cm³/mol. The fourth-order valence-electron chi connectivity index (χ4n) is 2.43. The van der Waals surface area contributed by atoms with Crippen LogP contribution < -0.4 is 10.6 Å². The van der Waals surface area contributed by atoms with E-state index < -0.39 is 6.04 Å². The lowest BCUT2D eigenvalue weighted by Gasteiger charge is -2.15. The first-order chi connectivity index (χ1) is 12.4. The van der Waals surface area contributed by atoms with E-state index in [9.17, 15) is 9.59 Å². The summed E-state index contributed by atoms with van der Waals surface area (Å²) in [5.41, 5.74) is 1.36. The van der Waals surface area contributed by atoms with Crippen LogP contribution in [0.4, 0.5) is 0 Å². The Bertz CT molecular complexity index is 915. The van der Waals surface area contributed by atoms with Gasteiger partial charge in [-0.2, -0.15) is 0 Å². The molecule has 0 radical (unpaired) electrons. The van der Waals surface area contributed by atoms with Gasteiger partial charge in [-0.05, 0) is 43.2 Å². The summed E-state index contributed by atoms with van der Waals surface area (Å²) in [6.07, 6.45) is 3.87. The largest absolute Gasteiger partial charge is 0.354 e. The van der Waals surface area contributed by atoms with Crippen LogP contribution in [-0.4, -0.2) is 34.0 Å². The van der Waals surface area contributed by atoms with E-state index in [1.807, 2.05) is 55.1 Å². The van der Waals surface area contributed by atoms with Gasteiger partial charge in [0.05, 0.1) is 10.2 Å². The Morgan fingerprint density at radius 2 is 1.92 bits per heavy atom. The summed E-state index contributed by atoms with van der Waals surface area (Å²) in [4.78, 5) is 29.1. The molecule has 0 aliphatic rings. The Balaban J connectivity index is 1.71. The molecule has 3 aromatic rings. The molecule has 6 nitrogen and oxygen atoms in total. The summed E-state index contributed by atoms with van der Waals surface area (Å²) in [6, 6.07) is 8.67. The first kappa shape index (κ1) is 18.1. The number of carbonyl (C=O) groups is 2. The third kappa shape index (κ3) is 4.11. The molecule has 2 N–H and O–H groups in total. The van der Waals surface area contributed by atoms with E-state index in [0.717, 1.165) is 15.3 Å². The molecular weight excluding hydrogens is 348 g/mol. The van der Waals surface area contributed by atoms with Crippen molar-refractivity contribution >= 4 is 33.4 Å². The second-order valence-electron chi connectivity index (χ2n) is 6.60. The zero-order chi connectivity index (χ0) is 18.7. The molecule has 0 saturated carbocycles. The van der Waals surface area contributed by atoms with Crippen molar-refractivity contribution in [2.45, 2.75) is 26.8 Å². The maximum Gasteiger partial charge on any atom is 0.251 e. The van der Waals surface area contributed by atoms with Gasteiger partial charge in [0, 0.05) is 24.5 Å². The van der Waals surface area contributed by atoms with Crippen LogP contribution in [-0.2, 0) is 4.79 Å². The van der Waals surface area contributed by atoms with Gasteiger partial charge in [0.15, 0.2) is 5.13 Å². The van der Waals surface area contributed by atoms with Gasteiger partial charge >= 0.3 is 0 Å². The topological polar surface area (TPSA) is 76.0 Å². The first-order valence-electron chi connectivity index (χ1n) is 8.56. The fourth-order valence-corrected chi connectivity index (χ4v) is 3.40. The lowest BCUT2D eigenvalue weighted by atomic mass is 10.2. The minimum atomic E-state index is -0.589. The Hall–Kier alpha value is -2.67. The zero-order valence-electron chi connectivity index (χ0n) is 15.0. The number of aromatic nitrogens is 2. The minimum Gasteiger partial charge on any atom is -0.354 e. The van der Waals surface area contributed by atoms with Gasteiger partial charge < -0.3 is 15.2 Å². The number of thiazole rings is 1. The summed E-state index contributed by atoms with van der Waals surface area (Å²) < 4.78 is 2.87. The molecule has 1 aromatic carbocycles. The Morgan fingerprint density at radius 1 is 1.19 bits per heavy atom. The van der Waals surface area contributed by atoms with Gasteiger partial charge in [-0.1, -0.05) is 25.2 Å². The van der Waals surface area contributed by atoms with Gasteiger partial charge in [-0.3, -0.25) is 9.59 Å². The van der Waals surface area contributed by atoms with Gasteiger partial charge in [0.25, 0.3) is 5.91 Å². The molecule has 1 unspecified atom stereocenters. The van der Waals surface area contributed by atoms with Crippen LogP contribution in [0.3, 0.4) is 0 Å². The predicted octanol–water partition coefficient (Wildman–Crippen LogP) is 2.98. The van der Waals surface area contributed by atoms with Crippen LogP contribution in [0.25, 0.3) is 15.3 Å². The maximum absolute atomic E-state index is 12.5. The van der Waals surface area contributed by atoms with Crippen LogP contribution >= 0.6 is 11.3 Å². The summed E-state index contributed by atoms with van der Waals surface area (Å²) in [6.45, 7) is 6.32. The normalized spacial score (nSPS) is 12.3. The third-order valence-corrected chi connectivity index (χ3v) is 4.92. The Labute approximate surface area is 156 Å². The molecular formula is C19H22N4O2S. The maximum atomic E-state index is 12.5. The highest BCUT2D eigenvalue weighted by Gasteiger charge is 2.17. The number of benzene rings is 1. The van der Waals surface area contributed by atoms with E-state index in [2.05, 4.69) is 15.6 Å². The molecule has 136 valence electrons. The standard InChI is InChI=1S/C19H22N4O2S/c1-12(2)11-20-17(24)13(3)21-18(25)14-6-7-15-16(10-14)26-19(22-15)23-8-4-5-9-23/h4-10,12-13H,11H2,1-3H3,(H,20,24)(H,21,25). The van der Waals surface area contributed by atoms with Crippen molar-refractivity contribution < 1.29 is 9.59 Å². The van der Waals surface area contributed by atoms with Gasteiger partial charge in [-0.25, -0.2) is 4.98 Å². The van der Waals surface area contributed by atoms with Crippen LogP contribution in [0.1, 0.15) is 31.1 Å². The average Bonchev–Trinajstić information content (AvgIpc) is 3.27.